The number of hydrogen-bond acceptors (Lipinski definition) is 5. The van der Waals surface area contributed by atoms with Gasteiger partial charge in [-0.25, -0.2) is 4.98 Å². The van der Waals surface area contributed by atoms with Crippen molar-refractivity contribution in [3.05, 3.63) is 53.6 Å². The van der Waals surface area contributed by atoms with Crippen LogP contribution in [-0.2, 0) is 0 Å². The standard InChI is InChI=1S/C21H23N3O2S/c1-3-26-17-5-4-6-18-19(17)22-21(27-18)24-13-11-23(12-14-24)20(25)16-9-7-15(2)8-10-16/h4-10H,3,11-14H2,1-2H3. The maximum Gasteiger partial charge on any atom is 0.253 e. The summed E-state index contributed by atoms with van der Waals surface area (Å²) in [5, 5.41) is 1.000. The van der Waals surface area contributed by atoms with Gasteiger partial charge in [-0.05, 0) is 38.1 Å². The predicted molar refractivity (Wildman–Crippen MR) is 110 cm³/mol. The second-order valence-corrected chi connectivity index (χ2v) is 7.69. The van der Waals surface area contributed by atoms with Crippen LogP contribution in [0.1, 0.15) is 22.8 Å². The van der Waals surface area contributed by atoms with E-state index >= 15 is 0 Å². The van der Waals surface area contributed by atoms with Gasteiger partial charge in [-0.3, -0.25) is 4.79 Å². The minimum absolute atomic E-state index is 0.109. The zero-order chi connectivity index (χ0) is 18.8. The van der Waals surface area contributed by atoms with Gasteiger partial charge in [-0.15, -0.1) is 0 Å². The highest BCUT2D eigenvalue weighted by molar-refractivity contribution is 7.22. The monoisotopic (exact) mass is 381 g/mol. The van der Waals surface area contributed by atoms with E-state index in [1.54, 1.807) is 11.3 Å². The smallest absolute Gasteiger partial charge is 0.253 e. The number of para-hydroxylation sites is 1. The summed E-state index contributed by atoms with van der Waals surface area (Å²) in [4.78, 5) is 21.7. The summed E-state index contributed by atoms with van der Waals surface area (Å²) < 4.78 is 6.83. The Labute approximate surface area is 163 Å². The van der Waals surface area contributed by atoms with Gasteiger partial charge in [-0.2, -0.15) is 0 Å². The zero-order valence-corrected chi connectivity index (χ0v) is 16.5. The van der Waals surface area contributed by atoms with E-state index in [2.05, 4.69) is 11.0 Å². The third-order valence-electron chi connectivity index (χ3n) is 4.81. The molecule has 0 atom stereocenters. The first kappa shape index (κ1) is 17.8. The first-order valence-corrected chi connectivity index (χ1v) is 10.1. The van der Waals surface area contributed by atoms with Gasteiger partial charge in [0.05, 0.1) is 11.3 Å². The molecular weight excluding hydrogens is 358 g/mol. The summed E-state index contributed by atoms with van der Waals surface area (Å²) in [7, 11) is 0. The molecule has 1 amide bonds. The van der Waals surface area contributed by atoms with E-state index < -0.39 is 0 Å². The van der Waals surface area contributed by atoms with Crippen molar-refractivity contribution in [1.29, 1.82) is 0 Å². The fraction of sp³-hybridized carbons (Fsp3) is 0.333. The summed E-state index contributed by atoms with van der Waals surface area (Å²) in [5.74, 6) is 0.947. The van der Waals surface area contributed by atoms with Gasteiger partial charge >= 0.3 is 0 Å². The molecule has 2 heterocycles. The molecule has 0 spiro atoms. The number of anilines is 1. The van der Waals surface area contributed by atoms with Crippen molar-refractivity contribution in [1.82, 2.24) is 9.88 Å². The number of aromatic nitrogens is 1. The topological polar surface area (TPSA) is 45.7 Å². The molecular formula is C21H23N3O2S. The lowest BCUT2D eigenvalue weighted by molar-refractivity contribution is 0.0747. The number of thiazole rings is 1. The normalized spacial score (nSPS) is 14.6. The number of nitrogens with zero attached hydrogens (tertiary/aromatic N) is 3. The van der Waals surface area contributed by atoms with Crippen LogP contribution in [0.5, 0.6) is 5.75 Å². The number of amides is 1. The van der Waals surface area contributed by atoms with Gasteiger partial charge < -0.3 is 14.5 Å². The Bertz CT molecular complexity index is 944. The molecule has 0 bridgehead atoms. The van der Waals surface area contributed by atoms with Gasteiger partial charge in [0.2, 0.25) is 0 Å². The molecule has 6 heteroatoms. The predicted octanol–water partition coefficient (Wildman–Crippen LogP) is 3.97. The summed E-state index contributed by atoms with van der Waals surface area (Å²) in [5.41, 5.74) is 2.85. The van der Waals surface area contributed by atoms with Crippen molar-refractivity contribution in [3.8, 4) is 5.75 Å². The SMILES string of the molecule is CCOc1cccc2sc(N3CCN(C(=O)c4ccc(C)cc4)CC3)nc12. The number of aryl methyl sites for hydroxylation is 1. The molecule has 0 aliphatic carbocycles. The number of carbonyl (C=O) groups is 1. The van der Waals surface area contributed by atoms with Crippen molar-refractivity contribution < 1.29 is 9.53 Å². The zero-order valence-electron chi connectivity index (χ0n) is 15.6. The third kappa shape index (κ3) is 3.62. The maximum absolute atomic E-state index is 12.7. The number of benzene rings is 2. The molecule has 1 aromatic heterocycles. The van der Waals surface area contributed by atoms with Crippen molar-refractivity contribution in [2.75, 3.05) is 37.7 Å². The van der Waals surface area contributed by atoms with E-state index in [1.807, 2.05) is 55.1 Å². The van der Waals surface area contributed by atoms with Crippen LogP contribution in [0, 0.1) is 6.92 Å². The Kier molecular flexibility index (Phi) is 4.99. The molecule has 0 unspecified atom stereocenters. The third-order valence-corrected chi connectivity index (χ3v) is 5.89. The van der Waals surface area contributed by atoms with Gasteiger partial charge in [0.15, 0.2) is 5.13 Å². The number of rotatable bonds is 4. The highest BCUT2D eigenvalue weighted by atomic mass is 32.1. The fourth-order valence-corrected chi connectivity index (χ4v) is 4.33. The Morgan fingerprint density at radius 3 is 2.56 bits per heavy atom. The van der Waals surface area contributed by atoms with Crippen LogP contribution in [0.3, 0.4) is 0 Å². The van der Waals surface area contributed by atoms with Crippen LogP contribution in [-0.4, -0.2) is 48.6 Å². The Balaban J connectivity index is 1.46. The molecule has 3 aromatic rings. The van der Waals surface area contributed by atoms with Crippen LogP contribution in [0.2, 0.25) is 0 Å². The molecule has 2 aromatic carbocycles. The second-order valence-electron chi connectivity index (χ2n) is 6.68. The van der Waals surface area contributed by atoms with E-state index in [0.717, 1.165) is 39.8 Å². The highest BCUT2D eigenvalue weighted by Gasteiger charge is 2.24. The highest BCUT2D eigenvalue weighted by Crippen LogP contribution is 2.34. The molecule has 1 fully saturated rings. The number of fused-ring (bicyclic) bond motifs is 1. The van der Waals surface area contributed by atoms with Crippen LogP contribution in [0.15, 0.2) is 42.5 Å². The average Bonchev–Trinajstić information content (AvgIpc) is 3.14. The summed E-state index contributed by atoms with van der Waals surface area (Å²) in [6, 6.07) is 13.8. The fourth-order valence-electron chi connectivity index (χ4n) is 3.30. The van der Waals surface area contributed by atoms with Crippen LogP contribution in [0.25, 0.3) is 10.2 Å². The number of piperazine rings is 1. The largest absolute Gasteiger partial charge is 0.492 e. The van der Waals surface area contributed by atoms with Gasteiger partial charge in [0, 0.05) is 31.7 Å². The molecule has 0 saturated carbocycles. The molecule has 1 aliphatic rings. The van der Waals surface area contributed by atoms with Crippen LogP contribution < -0.4 is 9.64 Å². The Morgan fingerprint density at radius 1 is 1.11 bits per heavy atom. The van der Waals surface area contributed by atoms with Crippen molar-refractivity contribution >= 4 is 32.6 Å². The number of carbonyl (C=O) groups excluding carboxylic acids is 1. The molecule has 1 saturated heterocycles. The molecule has 27 heavy (non-hydrogen) atoms. The molecule has 0 radical (unpaired) electrons. The lowest BCUT2D eigenvalue weighted by atomic mass is 10.1. The second kappa shape index (κ2) is 7.56. The maximum atomic E-state index is 12.7. The molecule has 5 nitrogen and oxygen atoms in total. The first-order chi connectivity index (χ1) is 13.2. The summed E-state index contributed by atoms with van der Waals surface area (Å²) in [6.07, 6.45) is 0. The molecule has 4 rings (SSSR count). The molecule has 0 N–H and O–H groups in total. The average molecular weight is 382 g/mol. The van der Waals surface area contributed by atoms with Crippen molar-refractivity contribution in [3.63, 3.8) is 0 Å². The minimum Gasteiger partial charge on any atom is -0.492 e. The van der Waals surface area contributed by atoms with Crippen molar-refractivity contribution in [2.45, 2.75) is 13.8 Å². The Morgan fingerprint density at radius 2 is 1.85 bits per heavy atom. The number of ether oxygens (including phenoxy) is 1. The van der Waals surface area contributed by atoms with E-state index in [-0.39, 0.29) is 5.91 Å². The Hall–Kier alpha value is -2.60. The van der Waals surface area contributed by atoms with E-state index in [0.29, 0.717) is 19.7 Å². The van der Waals surface area contributed by atoms with E-state index in [9.17, 15) is 4.79 Å². The summed E-state index contributed by atoms with van der Waals surface area (Å²) in [6.45, 7) is 7.65. The van der Waals surface area contributed by atoms with Crippen LogP contribution >= 0.6 is 11.3 Å². The first-order valence-electron chi connectivity index (χ1n) is 9.29. The van der Waals surface area contributed by atoms with Gasteiger partial charge in [0.1, 0.15) is 11.3 Å². The molecule has 1 aliphatic heterocycles. The van der Waals surface area contributed by atoms with Gasteiger partial charge in [-0.1, -0.05) is 35.1 Å². The van der Waals surface area contributed by atoms with Crippen molar-refractivity contribution in [2.24, 2.45) is 0 Å². The quantitative estimate of drug-likeness (QED) is 0.686. The van der Waals surface area contributed by atoms with E-state index in [1.165, 1.54) is 5.56 Å². The number of hydrogen-bond donors (Lipinski definition) is 0. The lowest BCUT2D eigenvalue weighted by Crippen LogP contribution is -2.48. The summed E-state index contributed by atoms with van der Waals surface area (Å²) >= 11 is 1.68. The lowest BCUT2D eigenvalue weighted by Gasteiger charge is -2.34. The minimum atomic E-state index is 0.109. The van der Waals surface area contributed by atoms with Gasteiger partial charge in [0.25, 0.3) is 5.91 Å². The molecule has 140 valence electrons. The van der Waals surface area contributed by atoms with Crippen LogP contribution in [0.4, 0.5) is 5.13 Å². The van der Waals surface area contributed by atoms with E-state index in [4.69, 9.17) is 9.72 Å².